The molecule has 0 fully saturated rings. The molecule has 0 aliphatic rings. The molecule has 0 radical (unpaired) electrons. The molecular formula is C19H15I5O7S. The van der Waals surface area contributed by atoms with Crippen molar-refractivity contribution in [2.24, 2.45) is 0 Å². The van der Waals surface area contributed by atoms with Gasteiger partial charge in [0.25, 0.3) is 10.1 Å². The maximum absolute atomic E-state index is 12.7. The van der Waals surface area contributed by atoms with E-state index in [0.717, 1.165) is 17.9 Å². The zero-order chi connectivity index (χ0) is 24.5. The number of carbonyl (C=O) groups is 2. The topological polar surface area (TPSA) is 107 Å². The Morgan fingerprint density at radius 2 is 1.47 bits per heavy atom. The number of ether oxygens (including phenoxy) is 2. The highest BCUT2D eigenvalue weighted by molar-refractivity contribution is 14.1. The Bertz CT molecular complexity index is 1180. The molecule has 0 unspecified atom stereocenters. The van der Waals surface area contributed by atoms with E-state index in [1.807, 2.05) is 0 Å². The molecule has 174 valence electrons. The van der Waals surface area contributed by atoms with Gasteiger partial charge in [0, 0.05) is 17.9 Å². The van der Waals surface area contributed by atoms with E-state index in [1.165, 1.54) is 12.1 Å². The molecule has 2 rings (SSSR count). The summed E-state index contributed by atoms with van der Waals surface area (Å²) < 4.78 is 47.7. The van der Waals surface area contributed by atoms with Gasteiger partial charge < -0.3 is 9.47 Å². The van der Waals surface area contributed by atoms with Crippen molar-refractivity contribution in [2.45, 2.75) is 31.6 Å². The van der Waals surface area contributed by atoms with Gasteiger partial charge in [0.2, 0.25) is 0 Å². The number of carbonyl (C=O) groups excluding carboxylic acids is 2. The van der Waals surface area contributed by atoms with Crippen LogP contribution in [0, 0.1) is 24.8 Å². The SMILES string of the molecule is Cc1cc(S(=O)(=O)O)c(C(C)C)cc1OC(=O)COC(=O)c1c(I)c(I)c(I)c(I)c1I. The molecule has 7 nitrogen and oxygen atoms in total. The highest BCUT2D eigenvalue weighted by atomic mass is 127. The molecule has 0 atom stereocenters. The Kier molecular flexibility index (Phi) is 10.7. The van der Waals surface area contributed by atoms with Gasteiger partial charge in [-0.05, 0) is 149 Å². The normalized spacial score (nSPS) is 11.6. The molecule has 0 aromatic heterocycles. The van der Waals surface area contributed by atoms with Crippen LogP contribution < -0.4 is 4.74 Å². The van der Waals surface area contributed by atoms with Crippen LogP contribution >= 0.6 is 113 Å². The quantitative estimate of drug-likeness (QED) is 0.0925. The minimum absolute atomic E-state index is 0.129. The molecule has 0 saturated heterocycles. The van der Waals surface area contributed by atoms with Gasteiger partial charge in [-0.15, -0.1) is 0 Å². The van der Waals surface area contributed by atoms with Crippen molar-refractivity contribution in [3.8, 4) is 5.75 Å². The second-order valence-corrected chi connectivity index (χ2v) is 13.6. The largest absolute Gasteiger partial charge is 0.450 e. The molecule has 13 heteroatoms. The summed E-state index contributed by atoms with van der Waals surface area (Å²) in [6.45, 7) is 4.44. The van der Waals surface area contributed by atoms with Crippen molar-refractivity contribution in [1.29, 1.82) is 0 Å². The van der Waals surface area contributed by atoms with Gasteiger partial charge >= 0.3 is 11.9 Å². The van der Waals surface area contributed by atoms with Crippen LogP contribution in [0.25, 0.3) is 0 Å². The van der Waals surface area contributed by atoms with Crippen LogP contribution in [0.5, 0.6) is 5.75 Å². The Morgan fingerprint density at radius 1 is 0.969 bits per heavy atom. The second kappa shape index (κ2) is 11.8. The lowest BCUT2D eigenvalue weighted by Gasteiger charge is -2.16. The van der Waals surface area contributed by atoms with Crippen LogP contribution in [0.15, 0.2) is 17.0 Å². The lowest BCUT2D eigenvalue weighted by atomic mass is 10.0. The van der Waals surface area contributed by atoms with Crippen molar-refractivity contribution < 1.29 is 32.0 Å². The van der Waals surface area contributed by atoms with Gasteiger partial charge in [-0.3, -0.25) is 4.55 Å². The first-order chi connectivity index (χ1) is 14.7. The first-order valence-corrected chi connectivity index (χ1v) is 15.5. The summed E-state index contributed by atoms with van der Waals surface area (Å²) in [4.78, 5) is 24.8. The van der Waals surface area contributed by atoms with Crippen molar-refractivity contribution in [3.05, 3.63) is 46.7 Å². The predicted molar refractivity (Wildman–Crippen MR) is 161 cm³/mol. The molecule has 32 heavy (non-hydrogen) atoms. The fraction of sp³-hybridized carbons (Fsp3) is 0.263. The second-order valence-electron chi connectivity index (χ2n) is 6.78. The molecule has 0 aliphatic heterocycles. The molecule has 2 aromatic carbocycles. The number of halogens is 5. The minimum Gasteiger partial charge on any atom is -0.450 e. The van der Waals surface area contributed by atoms with Crippen molar-refractivity contribution in [2.75, 3.05) is 6.61 Å². The molecule has 0 bridgehead atoms. The van der Waals surface area contributed by atoms with Gasteiger partial charge in [-0.1, -0.05) is 13.8 Å². The van der Waals surface area contributed by atoms with Crippen LogP contribution in [0.1, 0.15) is 41.3 Å². The molecule has 0 heterocycles. The van der Waals surface area contributed by atoms with Gasteiger partial charge in [0.05, 0.1) is 10.5 Å². The Hall–Kier alpha value is 0.940. The average Bonchev–Trinajstić information content (AvgIpc) is 2.69. The fourth-order valence-electron chi connectivity index (χ4n) is 2.59. The van der Waals surface area contributed by atoms with Gasteiger partial charge in [-0.25, -0.2) is 9.59 Å². The predicted octanol–water partition coefficient (Wildman–Crippen LogP) is 6.15. The highest BCUT2D eigenvalue weighted by Crippen LogP contribution is 2.34. The Morgan fingerprint density at radius 3 is 1.94 bits per heavy atom. The van der Waals surface area contributed by atoms with E-state index in [0.29, 0.717) is 16.7 Å². The van der Waals surface area contributed by atoms with E-state index in [9.17, 15) is 22.6 Å². The first-order valence-electron chi connectivity index (χ1n) is 8.68. The van der Waals surface area contributed by atoms with Crippen LogP contribution in [-0.2, 0) is 19.6 Å². The summed E-state index contributed by atoms with van der Waals surface area (Å²) >= 11 is 10.7. The standard InChI is InChI=1S/C19H15I5O7S/c1-7(2)9-5-10(8(3)4-11(9)32(27,28)29)31-12(25)6-30-19(26)13-14(20)16(22)18(24)17(23)15(13)21/h4-5,7H,6H2,1-3H3,(H,27,28,29). The van der Waals surface area contributed by atoms with E-state index in [4.69, 9.17) is 9.47 Å². The maximum Gasteiger partial charge on any atom is 0.349 e. The Labute approximate surface area is 254 Å². The summed E-state index contributed by atoms with van der Waals surface area (Å²) in [5.74, 6) is -1.57. The summed E-state index contributed by atoms with van der Waals surface area (Å²) in [5.41, 5.74) is 1.04. The molecule has 2 aromatic rings. The first kappa shape index (κ1) is 29.2. The monoisotopic (exact) mass is 1020 g/mol. The number of aryl methyl sites for hydroxylation is 1. The van der Waals surface area contributed by atoms with E-state index < -0.39 is 28.7 Å². The average molecular weight is 1020 g/mol. The van der Waals surface area contributed by atoms with Crippen LogP contribution in [0.3, 0.4) is 0 Å². The zero-order valence-corrected chi connectivity index (χ0v) is 28.2. The van der Waals surface area contributed by atoms with Gasteiger partial charge in [0.1, 0.15) is 5.75 Å². The number of esters is 2. The lowest BCUT2D eigenvalue weighted by Crippen LogP contribution is -2.21. The third-order valence-electron chi connectivity index (χ3n) is 4.17. The number of rotatable bonds is 6. The highest BCUT2D eigenvalue weighted by Gasteiger charge is 2.25. The summed E-state index contributed by atoms with van der Waals surface area (Å²) in [6, 6.07) is 2.65. The summed E-state index contributed by atoms with van der Waals surface area (Å²) in [6.07, 6.45) is 0. The number of hydrogen-bond acceptors (Lipinski definition) is 6. The van der Waals surface area contributed by atoms with Crippen molar-refractivity contribution >= 4 is 135 Å². The van der Waals surface area contributed by atoms with Gasteiger partial charge in [0.15, 0.2) is 6.61 Å². The van der Waals surface area contributed by atoms with Crippen LogP contribution in [0.4, 0.5) is 0 Å². The van der Waals surface area contributed by atoms with E-state index >= 15 is 0 Å². The van der Waals surface area contributed by atoms with E-state index in [1.54, 1.807) is 20.8 Å². The molecule has 1 N–H and O–H groups in total. The molecule has 0 amide bonds. The zero-order valence-electron chi connectivity index (χ0n) is 16.6. The number of hydrogen-bond donors (Lipinski definition) is 1. The molecule has 0 spiro atoms. The lowest BCUT2D eigenvalue weighted by molar-refractivity contribution is -0.137. The van der Waals surface area contributed by atoms with Crippen molar-refractivity contribution in [3.63, 3.8) is 0 Å². The molecule has 0 saturated carbocycles. The van der Waals surface area contributed by atoms with Crippen molar-refractivity contribution in [1.82, 2.24) is 0 Å². The van der Waals surface area contributed by atoms with Crippen LogP contribution in [-0.4, -0.2) is 31.5 Å². The third-order valence-corrected chi connectivity index (χ3v) is 14.6. The fourth-order valence-corrected chi connectivity index (χ4v) is 8.71. The third kappa shape index (κ3) is 6.78. The summed E-state index contributed by atoms with van der Waals surface area (Å²) in [5, 5.41) is 0. The van der Waals surface area contributed by atoms with E-state index in [2.05, 4.69) is 113 Å². The number of benzene rings is 2. The maximum atomic E-state index is 12.7. The van der Waals surface area contributed by atoms with Gasteiger partial charge in [-0.2, -0.15) is 8.42 Å². The van der Waals surface area contributed by atoms with Crippen LogP contribution in [0.2, 0.25) is 0 Å². The smallest absolute Gasteiger partial charge is 0.349 e. The minimum atomic E-state index is -4.43. The molecular weight excluding hydrogens is 1010 g/mol. The summed E-state index contributed by atoms with van der Waals surface area (Å²) in [7, 11) is -4.43. The van der Waals surface area contributed by atoms with E-state index in [-0.39, 0.29) is 16.6 Å². The molecule has 0 aliphatic carbocycles. The Balaban J connectivity index is 2.23.